The molecule has 6 N–H and O–H groups in total. The van der Waals surface area contributed by atoms with Gasteiger partial charge in [-0.25, -0.2) is 14.9 Å². The summed E-state index contributed by atoms with van der Waals surface area (Å²) in [7, 11) is 1.59. The minimum atomic E-state index is 0. The predicted octanol–water partition coefficient (Wildman–Crippen LogP) is 2.23. The van der Waals surface area contributed by atoms with Gasteiger partial charge in [-0.15, -0.1) is 12.4 Å². The molecule has 0 aliphatic rings. The number of guanidine groups is 2. The van der Waals surface area contributed by atoms with Crippen molar-refractivity contribution in [1.82, 2.24) is 14.9 Å². The Morgan fingerprint density at radius 1 is 1.37 bits per heavy atom. The molecule has 0 aliphatic carbocycles. The van der Waals surface area contributed by atoms with E-state index in [4.69, 9.17) is 11.5 Å². The van der Waals surface area contributed by atoms with E-state index in [2.05, 4.69) is 31.5 Å². The number of hydrogen-bond acceptors (Lipinski definition) is 5. The van der Waals surface area contributed by atoms with Gasteiger partial charge in [-0.2, -0.15) is 17.0 Å². The number of nitrogens with zero attached hydrogens (tertiary/aromatic N) is 5. The molecule has 0 spiro atoms. The van der Waals surface area contributed by atoms with E-state index in [-0.39, 0.29) is 24.3 Å². The van der Waals surface area contributed by atoms with Crippen molar-refractivity contribution in [3.63, 3.8) is 0 Å². The number of anilines is 1. The zero-order chi connectivity index (χ0) is 20.9. The van der Waals surface area contributed by atoms with Gasteiger partial charge in [-0.05, 0) is 5.56 Å². The van der Waals surface area contributed by atoms with Crippen LogP contribution < -0.4 is 16.8 Å². The fourth-order valence-corrected chi connectivity index (χ4v) is 3.03. The van der Waals surface area contributed by atoms with E-state index in [1.54, 1.807) is 25.0 Å². The number of nitrogens with one attached hydrogen (secondary N) is 2. The van der Waals surface area contributed by atoms with Gasteiger partial charge in [-0.1, -0.05) is 42.5 Å². The highest BCUT2D eigenvalue weighted by Gasteiger charge is 2.07. The van der Waals surface area contributed by atoms with Crippen molar-refractivity contribution in [2.75, 3.05) is 31.2 Å². The molecule has 0 atom stereocenters. The van der Waals surface area contributed by atoms with Crippen LogP contribution in [0.15, 0.2) is 52.6 Å². The number of nitrogens with two attached hydrogens (primary N) is 2. The van der Waals surface area contributed by atoms with E-state index < -0.39 is 0 Å². The van der Waals surface area contributed by atoms with Gasteiger partial charge >= 0.3 is 0 Å². The second-order valence-corrected chi connectivity index (χ2v) is 6.91. The summed E-state index contributed by atoms with van der Waals surface area (Å²) >= 11 is 1.65. The quantitative estimate of drug-likeness (QED) is 0.151. The number of H-pyrrole nitrogens is 1. The number of thioether (sulfide) groups is 1. The molecule has 0 fully saturated rings. The standard InChI is InChI=1S/C19H25N9S.ClH/c1-23-17(21)27-19-25-12-16(26-19)13-29-11-10-28(14-20)18(22)24-9-5-8-15-6-3-2-4-7-15;/h2-8,12H,9-11,13H2,1H3,(H2,22,24)(H4,21,23,25,26,27);1H/b8-5+;. The summed E-state index contributed by atoms with van der Waals surface area (Å²) in [6.45, 7) is 0.897. The lowest BCUT2D eigenvalue weighted by atomic mass is 10.2. The van der Waals surface area contributed by atoms with Gasteiger partial charge in [0.2, 0.25) is 11.9 Å². The Hall–Kier alpha value is -3.16. The van der Waals surface area contributed by atoms with Crippen molar-refractivity contribution in [1.29, 1.82) is 5.26 Å². The van der Waals surface area contributed by atoms with Crippen molar-refractivity contribution in [2.45, 2.75) is 5.75 Å². The summed E-state index contributed by atoms with van der Waals surface area (Å²) in [5.41, 5.74) is 13.6. The summed E-state index contributed by atoms with van der Waals surface area (Å²) < 4.78 is 0. The first-order chi connectivity index (χ1) is 14.1. The topological polar surface area (TPSA) is 144 Å². The van der Waals surface area contributed by atoms with Crippen LogP contribution in [0.1, 0.15) is 11.3 Å². The van der Waals surface area contributed by atoms with Gasteiger partial charge in [0, 0.05) is 30.8 Å². The molecule has 0 bridgehead atoms. The molecule has 30 heavy (non-hydrogen) atoms. The molecule has 11 heteroatoms. The van der Waals surface area contributed by atoms with Crippen LogP contribution in [-0.2, 0) is 5.75 Å². The number of halogens is 1. The Balaban J connectivity index is 0.00000450. The smallest absolute Gasteiger partial charge is 0.207 e. The Morgan fingerprint density at radius 2 is 2.13 bits per heavy atom. The van der Waals surface area contributed by atoms with Gasteiger partial charge in [0.1, 0.15) is 0 Å². The molecule has 0 amide bonds. The third kappa shape index (κ3) is 8.89. The minimum Gasteiger partial charge on any atom is -0.370 e. The molecule has 0 unspecified atom stereocenters. The number of nitriles is 1. The monoisotopic (exact) mass is 447 g/mol. The molecule has 1 heterocycles. The first-order valence-electron chi connectivity index (χ1n) is 8.92. The molecule has 0 saturated heterocycles. The summed E-state index contributed by atoms with van der Waals surface area (Å²) in [5.74, 6) is 2.48. The minimum absolute atomic E-state index is 0. The van der Waals surface area contributed by atoms with Crippen molar-refractivity contribution >= 4 is 48.1 Å². The lowest BCUT2D eigenvalue weighted by Crippen LogP contribution is -2.35. The lowest BCUT2D eigenvalue weighted by molar-refractivity contribution is 0.604. The second-order valence-electron chi connectivity index (χ2n) is 5.81. The average Bonchev–Trinajstić information content (AvgIpc) is 3.18. The third-order valence-corrected chi connectivity index (χ3v) is 4.68. The first kappa shape index (κ1) is 24.9. The summed E-state index contributed by atoms with van der Waals surface area (Å²) in [4.78, 5) is 16.7. The van der Waals surface area contributed by atoms with Gasteiger partial charge < -0.3 is 16.5 Å². The number of imidazole rings is 1. The molecule has 1 aromatic carbocycles. The highest BCUT2D eigenvalue weighted by Crippen LogP contribution is 2.12. The Kier molecular flexibility index (Phi) is 11.5. The van der Waals surface area contributed by atoms with Crippen LogP contribution in [-0.4, -0.2) is 52.7 Å². The van der Waals surface area contributed by atoms with E-state index in [0.29, 0.717) is 30.5 Å². The van der Waals surface area contributed by atoms with Crippen LogP contribution in [0.5, 0.6) is 0 Å². The zero-order valence-corrected chi connectivity index (χ0v) is 18.3. The van der Waals surface area contributed by atoms with Crippen LogP contribution in [0.4, 0.5) is 5.95 Å². The van der Waals surface area contributed by atoms with Gasteiger partial charge in [-0.3, -0.25) is 10.3 Å². The fourth-order valence-electron chi connectivity index (χ4n) is 2.21. The van der Waals surface area contributed by atoms with E-state index in [1.165, 1.54) is 4.90 Å². The van der Waals surface area contributed by atoms with Crippen LogP contribution in [0.2, 0.25) is 0 Å². The second kappa shape index (κ2) is 13.9. The predicted molar refractivity (Wildman–Crippen MR) is 127 cm³/mol. The lowest BCUT2D eigenvalue weighted by Gasteiger charge is -2.13. The molecular formula is C19H26ClN9S. The number of hydrogen-bond donors (Lipinski definition) is 4. The molecule has 2 rings (SSSR count). The normalized spacial score (nSPS) is 11.7. The zero-order valence-electron chi connectivity index (χ0n) is 16.7. The average molecular weight is 448 g/mol. The van der Waals surface area contributed by atoms with Crippen LogP contribution >= 0.6 is 24.2 Å². The van der Waals surface area contributed by atoms with E-state index >= 15 is 0 Å². The van der Waals surface area contributed by atoms with Gasteiger partial charge in [0.25, 0.3) is 0 Å². The van der Waals surface area contributed by atoms with Crippen LogP contribution in [0.3, 0.4) is 0 Å². The molecule has 9 nitrogen and oxygen atoms in total. The van der Waals surface area contributed by atoms with Crippen LogP contribution in [0, 0.1) is 11.5 Å². The molecule has 2 aromatic rings. The maximum Gasteiger partial charge on any atom is 0.207 e. The molecule has 1 aromatic heterocycles. The summed E-state index contributed by atoms with van der Waals surface area (Å²) in [5, 5.41) is 12.1. The van der Waals surface area contributed by atoms with Crippen LogP contribution in [0.25, 0.3) is 6.08 Å². The number of aromatic amines is 1. The maximum atomic E-state index is 9.30. The Morgan fingerprint density at radius 3 is 2.83 bits per heavy atom. The highest BCUT2D eigenvalue weighted by molar-refractivity contribution is 7.98. The van der Waals surface area contributed by atoms with E-state index in [1.807, 2.05) is 42.5 Å². The Labute approximate surface area is 186 Å². The number of aromatic nitrogens is 2. The van der Waals surface area contributed by atoms with Crippen molar-refractivity contribution < 1.29 is 0 Å². The first-order valence-corrected chi connectivity index (χ1v) is 10.1. The van der Waals surface area contributed by atoms with Crippen molar-refractivity contribution in [3.05, 3.63) is 53.9 Å². The van der Waals surface area contributed by atoms with Crippen molar-refractivity contribution in [3.8, 4) is 6.19 Å². The fraction of sp³-hybridized carbons (Fsp3) is 0.263. The molecule has 160 valence electrons. The summed E-state index contributed by atoms with van der Waals surface area (Å²) in [6.07, 6.45) is 7.68. The SMILES string of the molecule is CN=C(N)Nc1ncc(CSCCN(C#N)C(N)=NC/C=C/c2ccccc2)[nH]1.Cl. The van der Waals surface area contributed by atoms with Gasteiger partial charge in [0.15, 0.2) is 12.2 Å². The summed E-state index contributed by atoms with van der Waals surface area (Å²) in [6, 6.07) is 9.93. The van der Waals surface area contributed by atoms with Crippen molar-refractivity contribution in [2.24, 2.45) is 21.5 Å². The van der Waals surface area contributed by atoms with Gasteiger partial charge in [0.05, 0.1) is 12.7 Å². The van der Waals surface area contributed by atoms with E-state index in [0.717, 1.165) is 11.3 Å². The number of rotatable bonds is 9. The maximum absolute atomic E-state index is 9.30. The largest absolute Gasteiger partial charge is 0.370 e. The number of aliphatic imine (C=N–C) groups is 2. The molecule has 0 aliphatic heterocycles. The molecular weight excluding hydrogens is 422 g/mol. The molecule has 0 saturated carbocycles. The highest BCUT2D eigenvalue weighted by atomic mass is 35.5. The molecule has 0 radical (unpaired) electrons. The number of benzene rings is 1. The van der Waals surface area contributed by atoms with E-state index in [9.17, 15) is 5.26 Å². The third-order valence-electron chi connectivity index (χ3n) is 3.70. The Bertz CT molecular complexity index is 887.